The number of nitriles is 1. The lowest BCUT2D eigenvalue weighted by molar-refractivity contribution is 0.324. The normalized spacial score (nSPS) is 10.7. The van der Waals surface area contributed by atoms with Gasteiger partial charge in [-0.1, -0.05) is 0 Å². The van der Waals surface area contributed by atoms with Gasteiger partial charge in [-0.25, -0.2) is 0 Å². The number of allylic oxidation sites excluding steroid dienone is 1. The van der Waals surface area contributed by atoms with Crippen molar-refractivity contribution in [1.29, 1.82) is 5.26 Å². The lowest BCUT2D eigenvalue weighted by Crippen LogP contribution is -1.96. The third-order valence-corrected chi connectivity index (χ3v) is 3.81. The molecule has 136 valence electrons. The predicted molar refractivity (Wildman–Crippen MR) is 99.1 cm³/mol. The summed E-state index contributed by atoms with van der Waals surface area (Å²) in [6, 6.07) is 11.1. The number of methoxy groups -OCH3 is 5. The molecule has 0 amide bonds. The van der Waals surface area contributed by atoms with E-state index in [1.165, 1.54) is 0 Å². The Bertz CT molecular complexity index is 827. The van der Waals surface area contributed by atoms with Gasteiger partial charge >= 0.3 is 0 Å². The molecule has 2 aromatic carbocycles. The molecule has 0 radical (unpaired) electrons. The van der Waals surface area contributed by atoms with Gasteiger partial charge in [-0.3, -0.25) is 0 Å². The zero-order valence-electron chi connectivity index (χ0n) is 15.5. The fourth-order valence-corrected chi connectivity index (χ4v) is 2.54. The molecule has 0 aromatic heterocycles. The summed E-state index contributed by atoms with van der Waals surface area (Å²) in [6.45, 7) is 0. The van der Waals surface area contributed by atoms with Gasteiger partial charge in [0.15, 0.2) is 23.0 Å². The minimum absolute atomic E-state index is 0.459. The molecular formula is C20H21NO5. The highest BCUT2D eigenvalue weighted by atomic mass is 16.5. The average Bonchev–Trinajstić information content (AvgIpc) is 2.70. The highest BCUT2D eigenvalue weighted by Gasteiger charge is 2.14. The topological polar surface area (TPSA) is 69.9 Å². The van der Waals surface area contributed by atoms with Gasteiger partial charge in [-0.05, 0) is 47.5 Å². The third-order valence-electron chi connectivity index (χ3n) is 3.81. The second kappa shape index (κ2) is 8.67. The number of ether oxygens (including phenoxy) is 5. The molecule has 0 aliphatic heterocycles. The monoisotopic (exact) mass is 355 g/mol. The van der Waals surface area contributed by atoms with Crippen LogP contribution in [0.4, 0.5) is 0 Å². The zero-order valence-corrected chi connectivity index (χ0v) is 15.5. The van der Waals surface area contributed by atoms with Crippen molar-refractivity contribution < 1.29 is 23.7 Å². The van der Waals surface area contributed by atoms with Crippen molar-refractivity contribution in [2.24, 2.45) is 0 Å². The Labute approximate surface area is 153 Å². The molecule has 0 heterocycles. The molecule has 26 heavy (non-hydrogen) atoms. The molecule has 0 unspecified atom stereocenters. The predicted octanol–water partition coefficient (Wildman–Crippen LogP) is 3.79. The fraction of sp³-hybridized carbons (Fsp3) is 0.250. The van der Waals surface area contributed by atoms with Gasteiger partial charge in [0.25, 0.3) is 0 Å². The second-order valence-corrected chi connectivity index (χ2v) is 5.20. The van der Waals surface area contributed by atoms with E-state index in [2.05, 4.69) is 6.07 Å². The summed E-state index contributed by atoms with van der Waals surface area (Å²) in [7, 11) is 7.75. The summed E-state index contributed by atoms with van der Waals surface area (Å²) in [4.78, 5) is 0. The van der Waals surface area contributed by atoms with Crippen molar-refractivity contribution in [3.05, 3.63) is 41.5 Å². The van der Waals surface area contributed by atoms with Crippen LogP contribution in [0.25, 0.3) is 11.6 Å². The minimum atomic E-state index is 0.459. The van der Waals surface area contributed by atoms with Crippen molar-refractivity contribution in [3.63, 3.8) is 0 Å². The number of rotatable bonds is 7. The lowest BCUT2D eigenvalue weighted by Gasteiger charge is -2.13. The van der Waals surface area contributed by atoms with Gasteiger partial charge in [0.2, 0.25) is 5.75 Å². The van der Waals surface area contributed by atoms with Gasteiger partial charge < -0.3 is 23.7 Å². The van der Waals surface area contributed by atoms with Crippen molar-refractivity contribution in [2.45, 2.75) is 0 Å². The van der Waals surface area contributed by atoms with Gasteiger partial charge in [0, 0.05) is 0 Å². The first kappa shape index (κ1) is 19.0. The summed E-state index contributed by atoms with van der Waals surface area (Å²) in [5, 5.41) is 9.61. The molecule has 0 saturated heterocycles. The molecule has 0 aliphatic rings. The first-order valence-electron chi connectivity index (χ1n) is 7.76. The van der Waals surface area contributed by atoms with Crippen molar-refractivity contribution >= 4 is 11.6 Å². The molecule has 6 heteroatoms. The van der Waals surface area contributed by atoms with E-state index in [0.717, 1.165) is 5.56 Å². The Balaban J connectivity index is 2.54. The number of nitrogens with zero attached hydrogens (tertiary/aromatic N) is 1. The Morgan fingerprint density at radius 2 is 1.35 bits per heavy atom. The molecule has 0 atom stereocenters. The van der Waals surface area contributed by atoms with Crippen LogP contribution in [0, 0.1) is 11.3 Å². The number of hydrogen-bond acceptors (Lipinski definition) is 6. The van der Waals surface area contributed by atoms with E-state index in [-0.39, 0.29) is 0 Å². The molecule has 0 fully saturated rings. The van der Waals surface area contributed by atoms with Crippen LogP contribution in [-0.4, -0.2) is 35.5 Å². The van der Waals surface area contributed by atoms with Gasteiger partial charge in [-0.2, -0.15) is 5.26 Å². The van der Waals surface area contributed by atoms with E-state index < -0.39 is 0 Å². The summed E-state index contributed by atoms with van der Waals surface area (Å²) < 4.78 is 26.6. The van der Waals surface area contributed by atoms with E-state index >= 15 is 0 Å². The smallest absolute Gasteiger partial charge is 0.203 e. The summed E-state index contributed by atoms with van der Waals surface area (Å²) in [5.41, 5.74) is 1.91. The van der Waals surface area contributed by atoms with Crippen LogP contribution in [0.5, 0.6) is 28.7 Å². The molecular weight excluding hydrogens is 334 g/mol. The van der Waals surface area contributed by atoms with E-state index in [1.807, 2.05) is 0 Å². The Morgan fingerprint density at radius 1 is 0.769 bits per heavy atom. The highest BCUT2D eigenvalue weighted by Crippen LogP contribution is 2.39. The van der Waals surface area contributed by atoms with Crippen LogP contribution >= 0.6 is 0 Å². The van der Waals surface area contributed by atoms with Gasteiger partial charge in [-0.15, -0.1) is 0 Å². The van der Waals surface area contributed by atoms with Crippen LogP contribution < -0.4 is 23.7 Å². The Hall–Kier alpha value is -3.33. The van der Waals surface area contributed by atoms with E-state index in [0.29, 0.717) is 39.9 Å². The van der Waals surface area contributed by atoms with Crippen molar-refractivity contribution in [2.75, 3.05) is 35.5 Å². The van der Waals surface area contributed by atoms with E-state index in [9.17, 15) is 5.26 Å². The van der Waals surface area contributed by atoms with Crippen molar-refractivity contribution in [1.82, 2.24) is 0 Å². The first-order valence-corrected chi connectivity index (χ1v) is 7.76. The maximum absolute atomic E-state index is 9.61. The SMILES string of the molecule is COc1ccc(C(C#N)=Cc2cc(OC)c(OC)c(OC)c2)cc1OC. The zero-order chi connectivity index (χ0) is 19.1. The number of benzene rings is 2. The molecule has 6 nitrogen and oxygen atoms in total. The van der Waals surface area contributed by atoms with Crippen LogP contribution in [-0.2, 0) is 0 Å². The highest BCUT2D eigenvalue weighted by molar-refractivity contribution is 5.90. The van der Waals surface area contributed by atoms with E-state index in [1.54, 1.807) is 72.0 Å². The van der Waals surface area contributed by atoms with Crippen LogP contribution in [0.3, 0.4) is 0 Å². The summed E-state index contributed by atoms with van der Waals surface area (Å²) in [5.74, 6) is 2.68. The van der Waals surface area contributed by atoms with Crippen LogP contribution in [0.15, 0.2) is 30.3 Å². The second-order valence-electron chi connectivity index (χ2n) is 5.20. The van der Waals surface area contributed by atoms with Crippen molar-refractivity contribution in [3.8, 4) is 34.8 Å². The minimum Gasteiger partial charge on any atom is -0.493 e. The summed E-state index contributed by atoms with van der Waals surface area (Å²) >= 11 is 0. The first-order chi connectivity index (χ1) is 12.6. The molecule has 0 bridgehead atoms. The van der Waals surface area contributed by atoms with Crippen LogP contribution in [0.2, 0.25) is 0 Å². The van der Waals surface area contributed by atoms with E-state index in [4.69, 9.17) is 23.7 Å². The van der Waals surface area contributed by atoms with Gasteiger partial charge in [0.05, 0.1) is 47.2 Å². The van der Waals surface area contributed by atoms with Gasteiger partial charge in [0.1, 0.15) is 0 Å². The largest absolute Gasteiger partial charge is 0.493 e. The fourth-order valence-electron chi connectivity index (χ4n) is 2.54. The maximum Gasteiger partial charge on any atom is 0.203 e. The molecule has 2 aromatic rings. The summed E-state index contributed by atoms with van der Waals surface area (Å²) in [6.07, 6.45) is 1.74. The standard InChI is InChI=1S/C20H21NO5/c1-22-16-7-6-14(11-17(16)23-2)15(12-21)8-13-9-18(24-3)20(26-5)19(10-13)25-4/h6-11H,1-5H3. The quantitative estimate of drug-likeness (QED) is 0.556. The third kappa shape index (κ3) is 3.83. The molecule has 2 rings (SSSR count). The van der Waals surface area contributed by atoms with Crippen LogP contribution in [0.1, 0.15) is 11.1 Å². The molecule has 0 N–H and O–H groups in total. The Kier molecular flexibility index (Phi) is 6.34. The molecule has 0 spiro atoms. The number of hydrogen-bond donors (Lipinski definition) is 0. The average molecular weight is 355 g/mol. The Morgan fingerprint density at radius 3 is 1.81 bits per heavy atom. The molecule has 0 saturated carbocycles. The molecule has 0 aliphatic carbocycles. The lowest BCUT2D eigenvalue weighted by atomic mass is 10.0. The maximum atomic E-state index is 9.61.